The van der Waals surface area contributed by atoms with Gasteiger partial charge in [0, 0.05) is 43.9 Å². The van der Waals surface area contributed by atoms with Gasteiger partial charge in [-0.1, -0.05) is 23.7 Å². The predicted octanol–water partition coefficient (Wildman–Crippen LogP) is 3.93. The topological polar surface area (TPSA) is 63.1 Å². The summed E-state index contributed by atoms with van der Waals surface area (Å²) in [7, 11) is 2.01. The maximum Gasteiger partial charge on any atom is 0.220 e. The Morgan fingerprint density at radius 1 is 1.17 bits per heavy atom. The predicted molar refractivity (Wildman–Crippen MR) is 115 cm³/mol. The van der Waals surface area contributed by atoms with Gasteiger partial charge < -0.3 is 14.8 Å². The van der Waals surface area contributed by atoms with Crippen LogP contribution < -0.4 is 10.2 Å². The second-order valence-electron chi connectivity index (χ2n) is 8.17. The summed E-state index contributed by atoms with van der Waals surface area (Å²) in [5.74, 6) is 1.94. The van der Waals surface area contributed by atoms with Crippen LogP contribution in [0.2, 0.25) is 5.02 Å². The molecule has 4 heterocycles. The smallest absolute Gasteiger partial charge is 0.220 e. The van der Waals surface area contributed by atoms with E-state index >= 15 is 0 Å². The van der Waals surface area contributed by atoms with Crippen molar-refractivity contribution in [2.75, 3.05) is 18.0 Å². The number of amides is 1. The molecule has 0 aliphatic carbocycles. The quantitative estimate of drug-likeness (QED) is 0.696. The van der Waals surface area contributed by atoms with Crippen molar-refractivity contribution in [2.24, 2.45) is 7.05 Å². The van der Waals surface area contributed by atoms with Crippen LogP contribution in [0.1, 0.15) is 32.1 Å². The number of piperidine rings is 2. The zero-order valence-electron chi connectivity index (χ0n) is 16.5. The van der Waals surface area contributed by atoms with E-state index in [-0.39, 0.29) is 11.4 Å². The van der Waals surface area contributed by atoms with Gasteiger partial charge in [-0.05, 0) is 43.9 Å². The third-order valence-electron chi connectivity index (χ3n) is 6.38. The maximum absolute atomic E-state index is 11.9. The van der Waals surface area contributed by atoms with Gasteiger partial charge in [0.25, 0.3) is 0 Å². The zero-order chi connectivity index (χ0) is 20.0. The molecule has 2 fully saturated rings. The van der Waals surface area contributed by atoms with Crippen molar-refractivity contribution < 1.29 is 4.79 Å². The van der Waals surface area contributed by atoms with Gasteiger partial charge in [-0.25, -0.2) is 9.97 Å². The number of carbonyl (C=O) groups is 1. The van der Waals surface area contributed by atoms with E-state index in [9.17, 15) is 4.79 Å². The minimum absolute atomic E-state index is 0.0293. The first-order chi connectivity index (χ1) is 14.0. The molecule has 29 heavy (non-hydrogen) atoms. The Balaban J connectivity index is 1.43. The van der Waals surface area contributed by atoms with Crippen molar-refractivity contribution >= 4 is 34.4 Å². The van der Waals surface area contributed by atoms with Crippen LogP contribution in [0.15, 0.2) is 36.5 Å². The Hall–Kier alpha value is -2.60. The molecule has 2 aliphatic heterocycles. The molecule has 0 radical (unpaired) electrons. The number of benzene rings is 1. The summed E-state index contributed by atoms with van der Waals surface area (Å²) in [6, 6.07) is 10.1. The number of hydrogen-bond acceptors (Lipinski definition) is 4. The number of aromatic nitrogens is 3. The number of carbonyl (C=O) groups excluding carboxylic acids is 1. The van der Waals surface area contributed by atoms with Crippen LogP contribution in [0.25, 0.3) is 22.4 Å². The molecule has 1 aromatic carbocycles. The van der Waals surface area contributed by atoms with E-state index in [1.54, 1.807) is 6.20 Å². The third kappa shape index (κ3) is 3.25. The van der Waals surface area contributed by atoms with E-state index in [0.717, 1.165) is 67.0 Å². The molecule has 0 saturated carbocycles. The summed E-state index contributed by atoms with van der Waals surface area (Å²) in [6.45, 7) is 1.74. The van der Waals surface area contributed by atoms with Gasteiger partial charge >= 0.3 is 0 Å². The fraction of sp³-hybridized carbons (Fsp3) is 0.409. The minimum Gasteiger partial charge on any atom is -0.356 e. The van der Waals surface area contributed by atoms with E-state index in [4.69, 9.17) is 16.6 Å². The van der Waals surface area contributed by atoms with Crippen LogP contribution in [-0.4, -0.2) is 39.1 Å². The Labute approximate surface area is 174 Å². The average molecular weight is 410 g/mol. The average Bonchev–Trinajstić information content (AvgIpc) is 3.06. The molecule has 7 heteroatoms. The molecule has 150 valence electrons. The highest BCUT2D eigenvalue weighted by Crippen LogP contribution is 2.35. The number of halogens is 1. The van der Waals surface area contributed by atoms with Gasteiger partial charge in [0.2, 0.25) is 5.91 Å². The van der Waals surface area contributed by atoms with Gasteiger partial charge in [0.05, 0.1) is 16.1 Å². The number of nitrogens with one attached hydrogen (secondary N) is 1. The number of nitrogens with zero attached hydrogens (tertiary/aromatic N) is 4. The first-order valence-corrected chi connectivity index (χ1v) is 10.6. The number of rotatable bonds is 2. The molecule has 2 aromatic heterocycles. The van der Waals surface area contributed by atoms with Crippen LogP contribution in [0.4, 0.5) is 5.82 Å². The van der Waals surface area contributed by atoms with Crippen LogP contribution >= 0.6 is 11.6 Å². The van der Waals surface area contributed by atoms with Crippen molar-refractivity contribution in [2.45, 2.75) is 37.6 Å². The molecule has 6 nitrogen and oxygen atoms in total. The monoisotopic (exact) mass is 409 g/mol. The zero-order valence-corrected chi connectivity index (χ0v) is 17.2. The number of anilines is 1. The molecule has 3 aromatic rings. The van der Waals surface area contributed by atoms with Crippen molar-refractivity contribution in [3.8, 4) is 11.4 Å². The number of imidazole rings is 1. The van der Waals surface area contributed by atoms with Crippen molar-refractivity contribution in [1.29, 1.82) is 0 Å². The number of fused-ring (bicyclic) bond motifs is 1. The fourth-order valence-electron chi connectivity index (χ4n) is 4.71. The molecular formula is C22H24ClN5O. The number of hydrogen-bond donors (Lipinski definition) is 1. The normalized spacial score (nSPS) is 19.0. The maximum atomic E-state index is 11.9. The Morgan fingerprint density at radius 3 is 2.72 bits per heavy atom. The molecule has 0 atom stereocenters. The summed E-state index contributed by atoms with van der Waals surface area (Å²) >= 11 is 6.52. The largest absolute Gasteiger partial charge is 0.356 e. The standard InChI is InChI=1S/C22H24ClN5O/c1-27-18-6-3-2-5-17(18)25-21(27)15-13-19(24-14-16(15)23)28-11-9-22(10-12-28)8-4-7-20(29)26-22/h2-3,5-6,13-14H,4,7-12H2,1H3,(H,26,29). The van der Waals surface area contributed by atoms with E-state index in [1.165, 1.54) is 0 Å². The van der Waals surface area contributed by atoms with Gasteiger partial charge in [-0.3, -0.25) is 4.79 Å². The van der Waals surface area contributed by atoms with Gasteiger partial charge in [0.15, 0.2) is 0 Å². The lowest BCUT2D eigenvalue weighted by Crippen LogP contribution is -2.57. The number of pyridine rings is 1. The Bertz CT molecular complexity index is 1080. The second kappa shape index (κ2) is 7.02. The molecule has 1 N–H and O–H groups in total. The lowest BCUT2D eigenvalue weighted by Gasteiger charge is -2.45. The molecule has 1 amide bonds. The summed E-state index contributed by atoms with van der Waals surface area (Å²) in [5.41, 5.74) is 2.89. The first-order valence-electron chi connectivity index (χ1n) is 10.2. The van der Waals surface area contributed by atoms with Crippen LogP contribution in [-0.2, 0) is 11.8 Å². The van der Waals surface area contributed by atoms with Crippen molar-refractivity contribution in [3.05, 3.63) is 41.6 Å². The number of aryl methyl sites for hydroxylation is 1. The summed E-state index contributed by atoms with van der Waals surface area (Å²) in [4.78, 5) is 23.5. The lowest BCUT2D eigenvalue weighted by atomic mass is 9.80. The second-order valence-corrected chi connectivity index (χ2v) is 8.58. The van der Waals surface area contributed by atoms with E-state index in [0.29, 0.717) is 11.4 Å². The molecule has 2 saturated heterocycles. The SMILES string of the molecule is Cn1c(-c2cc(N3CCC4(CCCC(=O)N4)CC3)ncc2Cl)nc2ccccc21. The van der Waals surface area contributed by atoms with Crippen LogP contribution in [0.3, 0.4) is 0 Å². The highest BCUT2D eigenvalue weighted by molar-refractivity contribution is 6.33. The van der Waals surface area contributed by atoms with Gasteiger partial charge in [0.1, 0.15) is 11.6 Å². The highest BCUT2D eigenvalue weighted by Gasteiger charge is 2.38. The van der Waals surface area contributed by atoms with Crippen molar-refractivity contribution in [3.63, 3.8) is 0 Å². The number of para-hydroxylation sites is 2. The summed E-state index contributed by atoms with van der Waals surface area (Å²) in [6.07, 6.45) is 6.34. The van der Waals surface area contributed by atoms with Gasteiger partial charge in [-0.2, -0.15) is 0 Å². The van der Waals surface area contributed by atoms with Crippen molar-refractivity contribution in [1.82, 2.24) is 19.9 Å². The molecule has 5 rings (SSSR count). The molecule has 0 bridgehead atoms. The van der Waals surface area contributed by atoms with Gasteiger partial charge in [-0.15, -0.1) is 0 Å². The first kappa shape index (κ1) is 18.4. The molecule has 0 unspecified atom stereocenters. The highest BCUT2D eigenvalue weighted by atomic mass is 35.5. The third-order valence-corrected chi connectivity index (χ3v) is 6.68. The van der Waals surface area contributed by atoms with E-state index in [1.807, 2.05) is 31.3 Å². The van der Waals surface area contributed by atoms with E-state index in [2.05, 4.69) is 25.8 Å². The lowest BCUT2D eigenvalue weighted by molar-refractivity contribution is -0.125. The summed E-state index contributed by atoms with van der Waals surface area (Å²) < 4.78 is 2.07. The fourth-order valence-corrected chi connectivity index (χ4v) is 4.89. The van der Waals surface area contributed by atoms with Crippen LogP contribution in [0, 0.1) is 0 Å². The Morgan fingerprint density at radius 2 is 1.97 bits per heavy atom. The molecule has 2 aliphatic rings. The minimum atomic E-state index is -0.0293. The van der Waals surface area contributed by atoms with E-state index < -0.39 is 0 Å². The molecule has 1 spiro atoms. The Kier molecular flexibility index (Phi) is 4.46. The summed E-state index contributed by atoms with van der Waals surface area (Å²) in [5, 5.41) is 3.85. The molecular weight excluding hydrogens is 386 g/mol. The van der Waals surface area contributed by atoms with Crippen LogP contribution in [0.5, 0.6) is 0 Å².